The number of benzene rings is 1. The molecule has 1 heterocycles. The van der Waals surface area contributed by atoms with Gasteiger partial charge < -0.3 is 5.11 Å². The zero-order chi connectivity index (χ0) is 12.3. The average Bonchev–Trinajstić information content (AvgIpc) is 2.23. The molecule has 0 unspecified atom stereocenters. The molecule has 2 aromatic rings. The quantitative estimate of drug-likeness (QED) is 0.726. The molecule has 0 saturated carbocycles. The summed E-state index contributed by atoms with van der Waals surface area (Å²) in [7, 11) is 0. The van der Waals surface area contributed by atoms with E-state index in [0.717, 1.165) is 22.2 Å². The number of phenolic OH excluding ortho intramolecular Hbond substituents is 1. The molecule has 0 fully saturated rings. The molecule has 86 valence electrons. The fourth-order valence-corrected chi connectivity index (χ4v) is 1.78. The van der Waals surface area contributed by atoms with Crippen molar-refractivity contribution in [2.75, 3.05) is 0 Å². The Labute approximate surface area is 97.0 Å². The molecule has 2 nitrogen and oxygen atoms in total. The minimum absolute atomic E-state index is 0.270. The molecule has 1 aromatic carbocycles. The summed E-state index contributed by atoms with van der Waals surface area (Å²) in [4.78, 5) is 4.33. The minimum Gasteiger partial charge on any atom is -0.506 e. The van der Waals surface area contributed by atoms with Gasteiger partial charge in [-0.25, -0.2) is 4.98 Å². The van der Waals surface area contributed by atoms with Gasteiger partial charge in [0, 0.05) is 11.1 Å². The molecule has 1 N–H and O–H groups in total. The van der Waals surface area contributed by atoms with E-state index >= 15 is 0 Å². The third-order valence-electron chi connectivity index (χ3n) is 2.37. The maximum Gasteiger partial charge on any atom is 0.142 e. The molecular weight excluding hydrogens is 198 g/mol. The molecule has 16 heavy (non-hydrogen) atoms. The summed E-state index contributed by atoms with van der Waals surface area (Å²) in [5.41, 5.74) is 3.86. The van der Waals surface area contributed by atoms with Gasteiger partial charge >= 0.3 is 0 Å². The number of rotatable bonds is 0. The lowest BCUT2D eigenvalue weighted by Gasteiger charge is -2.06. The topological polar surface area (TPSA) is 33.1 Å². The fourth-order valence-electron chi connectivity index (χ4n) is 1.78. The summed E-state index contributed by atoms with van der Waals surface area (Å²) in [5.74, 6) is 0.270. The van der Waals surface area contributed by atoms with Crippen LogP contribution in [0, 0.1) is 20.8 Å². The summed E-state index contributed by atoms with van der Waals surface area (Å²) in [6.07, 6.45) is 0. The zero-order valence-corrected chi connectivity index (χ0v) is 10.6. The molecule has 0 radical (unpaired) electrons. The van der Waals surface area contributed by atoms with Gasteiger partial charge in [-0.15, -0.1) is 0 Å². The molecule has 0 bridgehead atoms. The summed E-state index contributed by atoms with van der Waals surface area (Å²) in [5, 5.41) is 10.8. The first-order chi connectivity index (χ1) is 7.58. The van der Waals surface area contributed by atoms with Gasteiger partial charge in [-0.05, 0) is 50.1 Å². The van der Waals surface area contributed by atoms with Crippen LogP contribution in [-0.4, -0.2) is 10.1 Å². The second-order valence-electron chi connectivity index (χ2n) is 3.76. The number of aromatic hydroxyl groups is 1. The highest BCUT2D eigenvalue weighted by Crippen LogP contribution is 2.27. The first-order valence-electron chi connectivity index (χ1n) is 5.65. The summed E-state index contributed by atoms with van der Waals surface area (Å²) in [6, 6.07) is 5.83. The molecule has 1 aromatic heterocycles. The Morgan fingerprint density at radius 3 is 2.25 bits per heavy atom. The van der Waals surface area contributed by atoms with Crippen molar-refractivity contribution in [2.45, 2.75) is 34.6 Å². The van der Waals surface area contributed by atoms with Gasteiger partial charge in [0.05, 0.1) is 0 Å². The Morgan fingerprint density at radius 2 is 1.62 bits per heavy atom. The molecule has 0 aliphatic rings. The normalized spacial score (nSPS) is 9.81. The Hall–Kier alpha value is -1.57. The second-order valence-corrected chi connectivity index (χ2v) is 3.76. The fraction of sp³-hybridized carbons (Fsp3) is 0.357. The highest BCUT2D eigenvalue weighted by Gasteiger charge is 2.05. The van der Waals surface area contributed by atoms with Crippen LogP contribution in [0.15, 0.2) is 18.2 Å². The van der Waals surface area contributed by atoms with Crippen molar-refractivity contribution in [1.82, 2.24) is 4.98 Å². The van der Waals surface area contributed by atoms with Gasteiger partial charge in [0.1, 0.15) is 11.3 Å². The Morgan fingerprint density at radius 1 is 1.00 bits per heavy atom. The standard InChI is InChI=1S/C12H13NO.C2H6/c1-7-4-10-8(2)6-9(3)13-12(10)11(14)5-7;1-2/h4-6,14H,1-3H3;1-2H3. The van der Waals surface area contributed by atoms with Crippen LogP contribution >= 0.6 is 0 Å². The Balaban J connectivity index is 0.000000606. The number of hydrogen-bond acceptors (Lipinski definition) is 2. The van der Waals surface area contributed by atoms with Crippen LogP contribution in [-0.2, 0) is 0 Å². The van der Waals surface area contributed by atoms with Crippen molar-refractivity contribution in [2.24, 2.45) is 0 Å². The van der Waals surface area contributed by atoms with Gasteiger partial charge in [-0.3, -0.25) is 0 Å². The van der Waals surface area contributed by atoms with Crippen molar-refractivity contribution in [3.8, 4) is 5.75 Å². The van der Waals surface area contributed by atoms with E-state index in [0.29, 0.717) is 5.52 Å². The van der Waals surface area contributed by atoms with Crippen molar-refractivity contribution in [3.05, 3.63) is 35.0 Å². The van der Waals surface area contributed by atoms with Crippen molar-refractivity contribution < 1.29 is 5.11 Å². The van der Waals surface area contributed by atoms with Crippen molar-refractivity contribution in [3.63, 3.8) is 0 Å². The number of aryl methyl sites for hydroxylation is 3. The van der Waals surface area contributed by atoms with E-state index in [4.69, 9.17) is 0 Å². The molecule has 0 saturated heterocycles. The first kappa shape index (κ1) is 12.5. The lowest BCUT2D eigenvalue weighted by atomic mass is 10.1. The van der Waals surface area contributed by atoms with E-state index in [2.05, 4.69) is 11.1 Å². The van der Waals surface area contributed by atoms with E-state index in [1.54, 1.807) is 6.07 Å². The van der Waals surface area contributed by atoms with Crippen LogP contribution in [0.5, 0.6) is 5.75 Å². The van der Waals surface area contributed by atoms with E-state index in [1.807, 2.05) is 40.7 Å². The molecular formula is C14H19NO. The smallest absolute Gasteiger partial charge is 0.142 e. The van der Waals surface area contributed by atoms with Crippen molar-refractivity contribution in [1.29, 1.82) is 0 Å². The maximum atomic E-state index is 9.74. The number of aromatic nitrogens is 1. The van der Waals surface area contributed by atoms with Crippen LogP contribution in [0.1, 0.15) is 30.7 Å². The number of nitrogens with zero attached hydrogens (tertiary/aromatic N) is 1. The van der Waals surface area contributed by atoms with Gasteiger partial charge in [-0.1, -0.05) is 13.8 Å². The molecule has 0 amide bonds. The lowest BCUT2D eigenvalue weighted by molar-refractivity contribution is 0.480. The molecule has 0 aliphatic carbocycles. The van der Waals surface area contributed by atoms with Crippen LogP contribution in [0.4, 0.5) is 0 Å². The number of phenols is 1. The highest BCUT2D eigenvalue weighted by molar-refractivity contribution is 5.87. The van der Waals surface area contributed by atoms with E-state index in [9.17, 15) is 5.11 Å². The van der Waals surface area contributed by atoms with E-state index in [-0.39, 0.29) is 5.75 Å². The predicted octanol–water partition coefficient (Wildman–Crippen LogP) is 3.89. The number of pyridine rings is 1. The molecule has 2 rings (SSSR count). The minimum atomic E-state index is 0.270. The van der Waals surface area contributed by atoms with E-state index in [1.165, 1.54) is 0 Å². The highest BCUT2D eigenvalue weighted by atomic mass is 16.3. The Bertz CT molecular complexity index is 456. The average molecular weight is 217 g/mol. The SMILES string of the molecule is CC.Cc1cc(O)c2nc(C)cc(C)c2c1. The van der Waals surface area contributed by atoms with Gasteiger partial charge in [0.25, 0.3) is 0 Å². The molecule has 0 spiro atoms. The Kier molecular flexibility index (Phi) is 3.88. The van der Waals surface area contributed by atoms with Gasteiger partial charge in [0.2, 0.25) is 0 Å². The van der Waals surface area contributed by atoms with E-state index < -0.39 is 0 Å². The van der Waals surface area contributed by atoms with Crippen LogP contribution in [0.2, 0.25) is 0 Å². The van der Waals surface area contributed by atoms with Crippen LogP contribution < -0.4 is 0 Å². The predicted molar refractivity (Wildman–Crippen MR) is 69.0 cm³/mol. The third-order valence-corrected chi connectivity index (χ3v) is 2.37. The third kappa shape index (κ3) is 2.32. The molecule has 0 aliphatic heterocycles. The van der Waals surface area contributed by atoms with Crippen molar-refractivity contribution >= 4 is 10.9 Å². The lowest BCUT2D eigenvalue weighted by Crippen LogP contribution is -1.88. The van der Waals surface area contributed by atoms with Crippen LogP contribution in [0.3, 0.4) is 0 Å². The first-order valence-corrected chi connectivity index (χ1v) is 5.65. The maximum absolute atomic E-state index is 9.74. The number of fused-ring (bicyclic) bond motifs is 1. The number of hydrogen-bond donors (Lipinski definition) is 1. The molecule has 2 heteroatoms. The summed E-state index contributed by atoms with van der Waals surface area (Å²) < 4.78 is 0. The van der Waals surface area contributed by atoms with Crippen LogP contribution in [0.25, 0.3) is 10.9 Å². The molecule has 0 atom stereocenters. The second kappa shape index (κ2) is 4.97. The zero-order valence-electron chi connectivity index (χ0n) is 10.6. The largest absolute Gasteiger partial charge is 0.506 e. The summed E-state index contributed by atoms with van der Waals surface area (Å²) >= 11 is 0. The van der Waals surface area contributed by atoms with Gasteiger partial charge in [-0.2, -0.15) is 0 Å². The monoisotopic (exact) mass is 217 g/mol. The van der Waals surface area contributed by atoms with Gasteiger partial charge in [0.15, 0.2) is 0 Å². The summed E-state index contributed by atoms with van der Waals surface area (Å²) in [6.45, 7) is 9.94.